The topological polar surface area (TPSA) is 89.9 Å². The lowest BCUT2D eigenvalue weighted by Gasteiger charge is -2.31. The molecule has 0 fully saturated rings. The first kappa shape index (κ1) is 25.9. The van der Waals surface area contributed by atoms with Gasteiger partial charge in [-0.25, -0.2) is 4.79 Å². The number of nitrogens with zero attached hydrogens (tertiary/aromatic N) is 1. The van der Waals surface area contributed by atoms with Gasteiger partial charge >= 0.3 is 13.1 Å². The van der Waals surface area contributed by atoms with Gasteiger partial charge in [-0.2, -0.15) is 0 Å². The van der Waals surface area contributed by atoms with Crippen LogP contribution in [0.1, 0.15) is 43.4 Å². The van der Waals surface area contributed by atoms with Crippen molar-refractivity contribution in [3.05, 3.63) is 83.4 Å². The van der Waals surface area contributed by atoms with Gasteiger partial charge < -0.3 is 20.3 Å². The molecule has 0 unspecified atom stereocenters. The van der Waals surface area contributed by atoms with Crippen LogP contribution in [0.15, 0.2) is 66.7 Å². The summed E-state index contributed by atoms with van der Waals surface area (Å²) in [6, 6.07) is 21.2. The SMILES string of the molecule is CC(C)C[C@H](CC(=O)[C@H](Cc1ccc2ccccc2c1)NC(=O)N1CCc2ccccc2C1)B(O)O. The quantitative estimate of drug-likeness (QED) is 0.392. The van der Waals surface area contributed by atoms with E-state index in [1.54, 1.807) is 4.90 Å². The van der Waals surface area contributed by atoms with Crippen LogP contribution in [0, 0.1) is 5.92 Å². The lowest BCUT2D eigenvalue weighted by Crippen LogP contribution is -2.50. The third kappa shape index (κ3) is 6.53. The van der Waals surface area contributed by atoms with Gasteiger partial charge in [0, 0.05) is 25.3 Å². The van der Waals surface area contributed by atoms with E-state index in [0.717, 1.165) is 28.3 Å². The van der Waals surface area contributed by atoms with Gasteiger partial charge in [-0.05, 0) is 52.6 Å². The molecule has 0 aliphatic carbocycles. The Labute approximate surface area is 213 Å². The molecule has 0 saturated heterocycles. The maximum Gasteiger partial charge on any atom is 0.455 e. The largest absolute Gasteiger partial charge is 0.455 e. The first-order valence-corrected chi connectivity index (χ1v) is 12.8. The van der Waals surface area contributed by atoms with Gasteiger partial charge in [-0.3, -0.25) is 4.79 Å². The number of carbonyl (C=O) groups is 2. The second-order valence-corrected chi connectivity index (χ2v) is 10.3. The second kappa shape index (κ2) is 11.7. The number of hydrogen-bond acceptors (Lipinski definition) is 4. The summed E-state index contributed by atoms with van der Waals surface area (Å²) in [6.45, 7) is 5.07. The number of Topliss-reactive ketones (excluding diaryl/α,β-unsaturated/α-hetero) is 1. The zero-order valence-electron chi connectivity index (χ0n) is 21.1. The number of benzene rings is 3. The molecule has 1 heterocycles. The van der Waals surface area contributed by atoms with Crippen LogP contribution in [0.5, 0.6) is 0 Å². The smallest absolute Gasteiger partial charge is 0.427 e. The third-order valence-electron chi connectivity index (χ3n) is 7.02. The van der Waals surface area contributed by atoms with Gasteiger partial charge in [0.05, 0.1) is 6.04 Å². The summed E-state index contributed by atoms with van der Waals surface area (Å²) in [7, 11) is -1.58. The second-order valence-electron chi connectivity index (χ2n) is 10.3. The highest BCUT2D eigenvalue weighted by molar-refractivity contribution is 6.43. The van der Waals surface area contributed by atoms with Gasteiger partial charge in [-0.1, -0.05) is 80.6 Å². The number of amides is 2. The van der Waals surface area contributed by atoms with Gasteiger partial charge in [0.2, 0.25) is 0 Å². The third-order valence-corrected chi connectivity index (χ3v) is 7.02. The van der Waals surface area contributed by atoms with Gasteiger partial charge in [0.25, 0.3) is 0 Å². The van der Waals surface area contributed by atoms with E-state index < -0.39 is 19.0 Å². The summed E-state index contributed by atoms with van der Waals surface area (Å²) >= 11 is 0. The van der Waals surface area contributed by atoms with Crippen molar-refractivity contribution in [2.75, 3.05) is 6.54 Å². The Morgan fingerprint density at radius 2 is 1.67 bits per heavy atom. The van der Waals surface area contributed by atoms with Crippen molar-refractivity contribution in [2.45, 2.75) is 57.9 Å². The van der Waals surface area contributed by atoms with E-state index in [1.807, 2.05) is 74.5 Å². The van der Waals surface area contributed by atoms with Crippen LogP contribution in [0.3, 0.4) is 0 Å². The number of fused-ring (bicyclic) bond motifs is 2. The van der Waals surface area contributed by atoms with Gasteiger partial charge in [0.1, 0.15) is 0 Å². The molecule has 0 bridgehead atoms. The fourth-order valence-electron chi connectivity index (χ4n) is 5.07. The van der Waals surface area contributed by atoms with E-state index in [0.29, 0.717) is 25.9 Å². The van der Waals surface area contributed by atoms with Crippen LogP contribution in [0.2, 0.25) is 5.82 Å². The maximum absolute atomic E-state index is 13.5. The highest BCUT2D eigenvalue weighted by atomic mass is 16.4. The average molecular weight is 486 g/mol. The van der Waals surface area contributed by atoms with Crippen molar-refractivity contribution in [2.24, 2.45) is 5.92 Å². The molecule has 3 aromatic carbocycles. The summed E-state index contributed by atoms with van der Waals surface area (Å²) in [5, 5.41) is 24.9. The molecule has 1 aliphatic rings. The molecule has 7 heteroatoms. The van der Waals surface area contributed by atoms with E-state index in [4.69, 9.17) is 0 Å². The number of urea groups is 1. The predicted octanol–water partition coefficient (Wildman–Crippen LogP) is 4.37. The Hall–Kier alpha value is -3.16. The zero-order chi connectivity index (χ0) is 25.7. The molecule has 0 aromatic heterocycles. The van der Waals surface area contributed by atoms with Crippen LogP contribution in [0.4, 0.5) is 4.79 Å². The lowest BCUT2D eigenvalue weighted by atomic mass is 9.66. The molecule has 2 atom stereocenters. The van der Waals surface area contributed by atoms with Crippen molar-refractivity contribution in [1.82, 2.24) is 10.2 Å². The van der Waals surface area contributed by atoms with Gasteiger partial charge in [-0.15, -0.1) is 0 Å². The normalized spacial score (nSPS) is 14.9. The molecule has 2 amide bonds. The van der Waals surface area contributed by atoms with E-state index >= 15 is 0 Å². The van der Waals surface area contributed by atoms with Crippen LogP contribution in [-0.4, -0.2) is 46.5 Å². The summed E-state index contributed by atoms with van der Waals surface area (Å²) < 4.78 is 0. The van der Waals surface area contributed by atoms with E-state index in [-0.39, 0.29) is 24.2 Å². The summed E-state index contributed by atoms with van der Waals surface area (Å²) in [5.74, 6) is -0.547. The van der Waals surface area contributed by atoms with Gasteiger partial charge in [0.15, 0.2) is 5.78 Å². The van der Waals surface area contributed by atoms with E-state index in [9.17, 15) is 19.6 Å². The molecule has 4 rings (SSSR count). The standard InChI is InChI=1S/C29H35BN2O4/c1-20(2)15-26(30(35)36)18-28(33)27(17-21-11-12-22-7-3-5-9-24(22)16-21)31-29(34)32-14-13-23-8-4-6-10-25(23)19-32/h3-12,16,20,26-27,35-36H,13-15,17-19H2,1-2H3,(H,31,34)/t26-,27+/m1/s1. The molecular weight excluding hydrogens is 451 g/mol. The number of carbonyl (C=O) groups excluding carboxylic acids is 2. The first-order valence-electron chi connectivity index (χ1n) is 12.8. The number of nitrogens with one attached hydrogen (secondary N) is 1. The lowest BCUT2D eigenvalue weighted by molar-refractivity contribution is -0.121. The molecule has 0 spiro atoms. The highest BCUT2D eigenvalue weighted by Gasteiger charge is 2.32. The molecule has 0 radical (unpaired) electrons. The Morgan fingerprint density at radius 3 is 2.39 bits per heavy atom. The van der Waals surface area contributed by atoms with Crippen molar-refractivity contribution in [3.8, 4) is 0 Å². The van der Waals surface area contributed by atoms with E-state index in [1.165, 1.54) is 5.56 Å². The van der Waals surface area contributed by atoms with Crippen LogP contribution in [0.25, 0.3) is 10.8 Å². The summed E-state index contributed by atoms with van der Waals surface area (Å²) in [4.78, 5) is 28.5. The minimum atomic E-state index is -1.58. The first-order chi connectivity index (χ1) is 17.3. The predicted molar refractivity (Wildman–Crippen MR) is 144 cm³/mol. The molecular formula is C29H35BN2O4. The van der Waals surface area contributed by atoms with Crippen molar-refractivity contribution in [3.63, 3.8) is 0 Å². The minimum Gasteiger partial charge on any atom is -0.427 e. The summed E-state index contributed by atoms with van der Waals surface area (Å²) in [6.07, 6.45) is 1.63. The Bertz CT molecular complexity index is 1210. The van der Waals surface area contributed by atoms with E-state index in [2.05, 4.69) is 11.4 Å². The highest BCUT2D eigenvalue weighted by Crippen LogP contribution is 2.25. The van der Waals surface area contributed by atoms with Crippen LogP contribution in [-0.2, 0) is 24.2 Å². The molecule has 6 nitrogen and oxygen atoms in total. The molecule has 0 saturated carbocycles. The fraction of sp³-hybridized carbons (Fsp3) is 0.379. The number of rotatable bonds is 9. The minimum absolute atomic E-state index is 0.00277. The fourth-order valence-corrected chi connectivity index (χ4v) is 5.07. The Morgan fingerprint density at radius 1 is 0.972 bits per heavy atom. The number of hydrogen-bond donors (Lipinski definition) is 3. The molecule has 188 valence electrons. The molecule has 36 heavy (non-hydrogen) atoms. The van der Waals surface area contributed by atoms with Crippen molar-refractivity contribution in [1.29, 1.82) is 0 Å². The van der Waals surface area contributed by atoms with Crippen molar-refractivity contribution >= 4 is 29.7 Å². The maximum atomic E-state index is 13.5. The van der Waals surface area contributed by atoms with Crippen molar-refractivity contribution < 1.29 is 19.6 Å². The Balaban J connectivity index is 1.53. The molecule has 1 aliphatic heterocycles. The molecule has 3 N–H and O–H groups in total. The average Bonchev–Trinajstić information content (AvgIpc) is 2.87. The monoisotopic (exact) mass is 486 g/mol. The van der Waals surface area contributed by atoms with Crippen LogP contribution >= 0.6 is 0 Å². The summed E-state index contributed by atoms with van der Waals surface area (Å²) in [5.41, 5.74) is 3.32. The Kier molecular flexibility index (Phi) is 8.44. The number of ketones is 1. The zero-order valence-corrected chi connectivity index (χ0v) is 21.1. The molecule has 3 aromatic rings. The van der Waals surface area contributed by atoms with Crippen LogP contribution < -0.4 is 5.32 Å².